The Morgan fingerprint density at radius 3 is 2.75 bits per heavy atom. The van der Waals surface area contributed by atoms with Crippen molar-refractivity contribution < 1.29 is 24.2 Å². The zero-order valence-corrected chi connectivity index (χ0v) is 11.9. The van der Waals surface area contributed by atoms with E-state index < -0.39 is 11.9 Å². The van der Waals surface area contributed by atoms with Gasteiger partial charge in [0.1, 0.15) is 5.92 Å². The predicted molar refractivity (Wildman–Crippen MR) is 71.3 cm³/mol. The zero-order chi connectivity index (χ0) is 14.5. The number of likely N-dealkylation sites (N-methyl/N-ethyl adjacent to an activating group) is 1. The van der Waals surface area contributed by atoms with Crippen LogP contribution in [0.2, 0.25) is 0 Å². The van der Waals surface area contributed by atoms with Gasteiger partial charge in [-0.2, -0.15) is 0 Å². The fraction of sp³-hybridized carbons (Fsp3) is 0.857. The fourth-order valence-electron chi connectivity index (χ4n) is 2.84. The standard InChI is InChI=1S/C14H23NO5/c1-15(12-9-19-8-11(12)14(17)18)13(16)6-5-10-4-2-3-7-20-10/h10-12H,2-9H2,1H3,(H,17,18). The summed E-state index contributed by atoms with van der Waals surface area (Å²) >= 11 is 0. The van der Waals surface area contributed by atoms with E-state index in [9.17, 15) is 9.59 Å². The summed E-state index contributed by atoms with van der Waals surface area (Å²) in [7, 11) is 1.67. The maximum atomic E-state index is 12.2. The van der Waals surface area contributed by atoms with Crippen molar-refractivity contribution in [2.24, 2.45) is 5.92 Å². The third-order valence-corrected chi connectivity index (χ3v) is 4.21. The monoisotopic (exact) mass is 285 g/mol. The lowest BCUT2D eigenvalue weighted by molar-refractivity contribution is -0.144. The third kappa shape index (κ3) is 3.70. The Morgan fingerprint density at radius 1 is 1.30 bits per heavy atom. The van der Waals surface area contributed by atoms with Gasteiger partial charge in [-0.15, -0.1) is 0 Å². The first-order chi connectivity index (χ1) is 9.59. The van der Waals surface area contributed by atoms with Crippen molar-refractivity contribution in [3.8, 4) is 0 Å². The minimum Gasteiger partial charge on any atom is -0.481 e. The number of carbonyl (C=O) groups excluding carboxylic acids is 1. The molecule has 2 aliphatic rings. The van der Waals surface area contributed by atoms with Gasteiger partial charge >= 0.3 is 5.97 Å². The molecule has 0 radical (unpaired) electrons. The molecule has 1 N–H and O–H groups in total. The number of hydrogen-bond donors (Lipinski definition) is 1. The fourth-order valence-corrected chi connectivity index (χ4v) is 2.84. The molecule has 2 aliphatic heterocycles. The maximum absolute atomic E-state index is 12.2. The highest BCUT2D eigenvalue weighted by Gasteiger charge is 2.38. The van der Waals surface area contributed by atoms with E-state index >= 15 is 0 Å². The number of carboxylic acid groups (broad SMARTS) is 1. The van der Waals surface area contributed by atoms with Crippen molar-refractivity contribution in [1.82, 2.24) is 4.90 Å². The van der Waals surface area contributed by atoms with Crippen LogP contribution in [0.25, 0.3) is 0 Å². The van der Waals surface area contributed by atoms with Crippen molar-refractivity contribution in [1.29, 1.82) is 0 Å². The van der Waals surface area contributed by atoms with Gasteiger partial charge in [0.2, 0.25) is 5.91 Å². The minimum absolute atomic E-state index is 0.0269. The average Bonchev–Trinajstić information content (AvgIpc) is 2.94. The van der Waals surface area contributed by atoms with Crippen LogP contribution < -0.4 is 0 Å². The second kappa shape index (κ2) is 7.04. The summed E-state index contributed by atoms with van der Waals surface area (Å²) in [5.74, 6) is -1.54. The Morgan fingerprint density at radius 2 is 2.10 bits per heavy atom. The first-order valence-corrected chi connectivity index (χ1v) is 7.27. The molecule has 0 aliphatic carbocycles. The second-order valence-corrected chi connectivity index (χ2v) is 5.58. The van der Waals surface area contributed by atoms with E-state index in [0.29, 0.717) is 19.4 Å². The number of carboxylic acids is 1. The van der Waals surface area contributed by atoms with E-state index in [1.807, 2.05) is 0 Å². The van der Waals surface area contributed by atoms with E-state index in [1.54, 1.807) is 7.05 Å². The van der Waals surface area contributed by atoms with E-state index in [4.69, 9.17) is 14.6 Å². The number of rotatable bonds is 5. The van der Waals surface area contributed by atoms with E-state index in [-0.39, 0.29) is 24.7 Å². The molecule has 2 heterocycles. The van der Waals surface area contributed by atoms with Crippen molar-refractivity contribution in [2.45, 2.75) is 44.2 Å². The Bertz CT molecular complexity index is 353. The van der Waals surface area contributed by atoms with Crippen LogP contribution >= 0.6 is 0 Å². The number of aliphatic carboxylic acids is 1. The summed E-state index contributed by atoms with van der Waals surface area (Å²) in [6.45, 7) is 1.27. The summed E-state index contributed by atoms with van der Waals surface area (Å²) < 4.78 is 10.8. The van der Waals surface area contributed by atoms with Crippen LogP contribution in [0, 0.1) is 5.92 Å². The Labute approximate surface area is 119 Å². The molecule has 6 nitrogen and oxygen atoms in total. The molecule has 0 bridgehead atoms. The van der Waals surface area contributed by atoms with Gasteiger partial charge in [0.15, 0.2) is 0 Å². The van der Waals surface area contributed by atoms with Crippen molar-refractivity contribution in [3.05, 3.63) is 0 Å². The van der Waals surface area contributed by atoms with Gasteiger partial charge < -0.3 is 19.5 Å². The molecule has 114 valence electrons. The zero-order valence-electron chi connectivity index (χ0n) is 11.9. The first-order valence-electron chi connectivity index (χ1n) is 7.27. The number of ether oxygens (including phenoxy) is 2. The number of hydrogen-bond acceptors (Lipinski definition) is 4. The Kier molecular flexibility index (Phi) is 5.37. The van der Waals surface area contributed by atoms with Crippen molar-refractivity contribution >= 4 is 11.9 Å². The maximum Gasteiger partial charge on any atom is 0.311 e. The summed E-state index contributed by atoms with van der Waals surface area (Å²) in [4.78, 5) is 24.8. The van der Waals surface area contributed by atoms with Gasteiger partial charge in [-0.05, 0) is 25.7 Å². The molecule has 0 saturated carbocycles. The van der Waals surface area contributed by atoms with Crippen LogP contribution in [-0.4, -0.2) is 60.9 Å². The molecule has 20 heavy (non-hydrogen) atoms. The van der Waals surface area contributed by atoms with Crippen LogP contribution in [-0.2, 0) is 19.1 Å². The van der Waals surface area contributed by atoms with E-state index in [2.05, 4.69) is 0 Å². The van der Waals surface area contributed by atoms with E-state index in [1.165, 1.54) is 4.90 Å². The second-order valence-electron chi connectivity index (χ2n) is 5.58. The lowest BCUT2D eigenvalue weighted by Crippen LogP contribution is -2.44. The predicted octanol–water partition coefficient (Wildman–Crippen LogP) is 0.894. The molecule has 3 unspecified atom stereocenters. The number of amides is 1. The number of carbonyl (C=O) groups is 2. The molecular formula is C14H23NO5. The van der Waals surface area contributed by atoms with Gasteiger partial charge in [0, 0.05) is 20.1 Å². The highest BCUT2D eigenvalue weighted by atomic mass is 16.5. The molecule has 0 aromatic carbocycles. The van der Waals surface area contributed by atoms with Gasteiger partial charge in [0.25, 0.3) is 0 Å². The molecule has 0 aromatic heterocycles. The van der Waals surface area contributed by atoms with Gasteiger partial charge in [-0.25, -0.2) is 0 Å². The molecule has 1 amide bonds. The summed E-state index contributed by atoms with van der Waals surface area (Å²) in [6.07, 6.45) is 4.58. The van der Waals surface area contributed by atoms with E-state index in [0.717, 1.165) is 25.9 Å². The van der Waals surface area contributed by atoms with Crippen LogP contribution in [0.3, 0.4) is 0 Å². The first kappa shape index (κ1) is 15.3. The van der Waals surface area contributed by atoms with Crippen LogP contribution in [0.15, 0.2) is 0 Å². The Hall–Kier alpha value is -1.14. The molecule has 2 rings (SSSR count). The molecule has 0 spiro atoms. The smallest absolute Gasteiger partial charge is 0.311 e. The third-order valence-electron chi connectivity index (χ3n) is 4.21. The van der Waals surface area contributed by atoms with Crippen molar-refractivity contribution in [2.75, 3.05) is 26.9 Å². The van der Waals surface area contributed by atoms with Gasteiger partial charge in [-0.1, -0.05) is 0 Å². The van der Waals surface area contributed by atoms with Gasteiger partial charge in [-0.3, -0.25) is 9.59 Å². The highest BCUT2D eigenvalue weighted by molar-refractivity contribution is 5.78. The number of nitrogens with zero attached hydrogens (tertiary/aromatic N) is 1. The topological polar surface area (TPSA) is 76.1 Å². The summed E-state index contributed by atoms with van der Waals surface area (Å²) in [6, 6.07) is -0.354. The Balaban J connectivity index is 1.80. The normalized spacial score (nSPS) is 30.1. The molecular weight excluding hydrogens is 262 g/mol. The lowest BCUT2D eigenvalue weighted by atomic mass is 10.0. The summed E-state index contributed by atoms with van der Waals surface area (Å²) in [5.41, 5.74) is 0. The highest BCUT2D eigenvalue weighted by Crippen LogP contribution is 2.21. The van der Waals surface area contributed by atoms with Crippen molar-refractivity contribution in [3.63, 3.8) is 0 Å². The van der Waals surface area contributed by atoms with Gasteiger partial charge in [0.05, 0.1) is 25.4 Å². The van der Waals surface area contributed by atoms with Crippen LogP contribution in [0.4, 0.5) is 0 Å². The molecule has 2 saturated heterocycles. The minimum atomic E-state index is -0.900. The molecule has 3 atom stereocenters. The summed E-state index contributed by atoms with van der Waals surface area (Å²) in [5, 5.41) is 9.11. The molecule has 2 fully saturated rings. The molecule has 6 heteroatoms. The lowest BCUT2D eigenvalue weighted by Gasteiger charge is -2.28. The molecule has 0 aromatic rings. The quantitative estimate of drug-likeness (QED) is 0.812. The van der Waals surface area contributed by atoms with Crippen LogP contribution in [0.5, 0.6) is 0 Å². The van der Waals surface area contributed by atoms with Crippen LogP contribution in [0.1, 0.15) is 32.1 Å². The largest absolute Gasteiger partial charge is 0.481 e. The average molecular weight is 285 g/mol. The SMILES string of the molecule is CN(C(=O)CCC1CCCCO1)C1COCC1C(=O)O.